The number of anilines is 1. The van der Waals surface area contributed by atoms with Crippen molar-refractivity contribution in [3.63, 3.8) is 0 Å². The normalized spacial score (nSPS) is 13.9. The van der Waals surface area contributed by atoms with Crippen LogP contribution in [0.5, 0.6) is 0 Å². The molecule has 1 aliphatic carbocycles. The van der Waals surface area contributed by atoms with Gasteiger partial charge in [-0.25, -0.2) is 18.1 Å². The minimum Gasteiger partial charge on any atom is -0.445 e. The second kappa shape index (κ2) is 8.49. The van der Waals surface area contributed by atoms with Gasteiger partial charge in [0.25, 0.3) is 10.0 Å². The van der Waals surface area contributed by atoms with Crippen LogP contribution in [-0.4, -0.2) is 24.6 Å². The first-order valence-corrected chi connectivity index (χ1v) is 12.2. The fourth-order valence-corrected chi connectivity index (χ4v) is 5.15. The average molecular weight is 465 g/mol. The monoisotopic (exact) mass is 464 g/mol. The number of rotatable bonds is 8. The first kappa shape index (κ1) is 21.4. The fraction of sp³-hybridized carbons (Fsp3) is 0.250. The fourth-order valence-electron chi connectivity index (χ4n) is 3.65. The van der Waals surface area contributed by atoms with E-state index in [9.17, 15) is 8.42 Å². The lowest BCUT2D eigenvalue weighted by molar-refractivity contribution is 0.430. The van der Waals surface area contributed by atoms with Gasteiger partial charge < -0.3 is 14.3 Å². The molecule has 2 aromatic carbocycles. The van der Waals surface area contributed by atoms with Crippen LogP contribution < -0.4 is 10.0 Å². The number of benzene rings is 2. The number of hydrogen-bond acceptors (Lipinski definition) is 7. The third-order valence-corrected chi connectivity index (χ3v) is 7.26. The Morgan fingerprint density at radius 1 is 1.06 bits per heavy atom. The van der Waals surface area contributed by atoms with Gasteiger partial charge in [-0.15, -0.1) is 0 Å². The summed E-state index contributed by atoms with van der Waals surface area (Å²) in [6.07, 6.45) is 5.32. The number of sulfonamides is 1. The third-order valence-electron chi connectivity index (χ3n) is 5.78. The predicted octanol–water partition coefficient (Wildman–Crippen LogP) is 4.67. The van der Waals surface area contributed by atoms with Crippen LogP contribution in [0.2, 0.25) is 0 Å². The molecule has 2 aromatic heterocycles. The van der Waals surface area contributed by atoms with Crippen molar-refractivity contribution in [2.24, 2.45) is 0 Å². The molecule has 0 unspecified atom stereocenters. The molecule has 2 heterocycles. The molecule has 0 saturated heterocycles. The van der Waals surface area contributed by atoms with Crippen molar-refractivity contribution in [1.82, 2.24) is 15.5 Å². The highest BCUT2D eigenvalue weighted by Crippen LogP contribution is 2.34. The summed E-state index contributed by atoms with van der Waals surface area (Å²) in [5.74, 6) is 0.636. The second-order valence-corrected chi connectivity index (χ2v) is 9.81. The van der Waals surface area contributed by atoms with Crippen LogP contribution in [0.1, 0.15) is 29.7 Å². The number of oxazole rings is 1. The Morgan fingerprint density at radius 2 is 1.82 bits per heavy atom. The molecule has 0 bridgehead atoms. The second-order valence-electron chi connectivity index (χ2n) is 8.19. The summed E-state index contributed by atoms with van der Waals surface area (Å²) in [6, 6.07) is 13.4. The van der Waals surface area contributed by atoms with E-state index in [1.165, 1.54) is 6.26 Å². The van der Waals surface area contributed by atoms with E-state index >= 15 is 0 Å². The quantitative estimate of drug-likeness (QED) is 0.390. The van der Waals surface area contributed by atoms with Gasteiger partial charge in [0.1, 0.15) is 6.26 Å². The van der Waals surface area contributed by atoms with Crippen molar-refractivity contribution in [2.45, 2.75) is 44.2 Å². The lowest BCUT2D eigenvalue weighted by atomic mass is 10.0. The van der Waals surface area contributed by atoms with E-state index in [2.05, 4.69) is 20.2 Å². The van der Waals surface area contributed by atoms with Crippen LogP contribution in [0, 0.1) is 13.8 Å². The zero-order valence-corrected chi connectivity index (χ0v) is 19.1. The highest BCUT2D eigenvalue weighted by Gasteiger charge is 2.27. The number of nitrogens with one attached hydrogen (secondary N) is 2. The number of aromatic nitrogens is 2. The van der Waals surface area contributed by atoms with Crippen LogP contribution in [0.15, 0.2) is 68.8 Å². The van der Waals surface area contributed by atoms with Crippen molar-refractivity contribution in [1.29, 1.82) is 0 Å². The van der Waals surface area contributed by atoms with Crippen molar-refractivity contribution in [2.75, 3.05) is 4.72 Å². The summed E-state index contributed by atoms with van der Waals surface area (Å²) in [7, 11) is -3.97. The van der Waals surface area contributed by atoms with Gasteiger partial charge in [0.2, 0.25) is 11.8 Å². The van der Waals surface area contributed by atoms with Crippen molar-refractivity contribution < 1.29 is 17.4 Å². The Morgan fingerprint density at radius 3 is 2.45 bits per heavy atom. The van der Waals surface area contributed by atoms with E-state index in [1.807, 2.05) is 42.5 Å². The Kier molecular flexibility index (Phi) is 5.51. The molecular formula is C24H24N4O4S. The maximum absolute atomic E-state index is 13.6. The smallest absolute Gasteiger partial charge is 0.265 e. The molecule has 0 radical (unpaired) electrons. The predicted molar refractivity (Wildman–Crippen MR) is 124 cm³/mol. The van der Waals surface area contributed by atoms with E-state index in [0.717, 1.165) is 24.0 Å². The molecule has 0 spiro atoms. The zero-order chi connectivity index (χ0) is 23.0. The summed E-state index contributed by atoms with van der Waals surface area (Å²) in [5.41, 5.74) is 4.17. The lowest BCUT2D eigenvalue weighted by Crippen LogP contribution is -2.21. The molecule has 33 heavy (non-hydrogen) atoms. The minimum absolute atomic E-state index is 0.127. The van der Waals surface area contributed by atoms with Crippen molar-refractivity contribution in [3.05, 3.63) is 71.7 Å². The molecule has 8 nitrogen and oxygen atoms in total. The molecule has 170 valence electrons. The SMILES string of the molecule is Cc1noc(NS(=O)(=O)c2c(CNC3CC3)cccc2-c2ccc(-c3ncco3)cc2)c1C. The molecular weight excluding hydrogens is 440 g/mol. The van der Waals surface area contributed by atoms with Gasteiger partial charge in [0, 0.05) is 29.3 Å². The molecule has 9 heteroatoms. The molecule has 1 fully saturated rings. The summed E-state index contributed by atoms with van der Waals surface area (Å²) in [4.78, 5) is 4.38. The van der Waals surface area contributed by atoms with Crippen LogP contribution in [0.4, 0.5) is 5.88 Å². The average Bonchev–Trinajstić information content (AvgIpc) is 3.39. The molecule has 1 saturated carbocycles. The largest absolute Gasteiger partial charge is 0.445 e. The van der Waals surface area contributed by atoms with Crippen LogP contribution in [0.25, 0.3) is 22.6 Å². The van der Waals surface area contributed by atoms with Crippen molar-refractivity contribution in [3.8, 4) is 22.6 Å². The molecule has 2 N–H and O–H groups in total. The van der Waals surface area contributed by atoms with Crippen LogP contribution >= 0.6 is 0 Å². The molecule has 4 aromatic rings. The van der Waals surface area contributed by atoms with E-state index < -0.39 is 10.0 Å². The number of aryl methyl sites for hydroxylation is 1. The number of hydrogen-bond donors (Lipinski definition) is 2. The maximum Gasteiger partial charge on any atom is 0.265 e. The summed E-state index contributed by atoms with van der Waals surface area (Å²) >= 11 is 0. The summed E-state index contributed by atoms with van der Waals surface area (Å²) in [5, 5.41) is 7.29. The zero-order valence-electron chi connectivity index (χ0n) is 18.3. The van der Waals surface area contributed by atoms with Gasteiger partial charge in [0.15, 0.2) is 0 Å². The topological polar surface area (TPSA) is 110 Å². The van der Waals surface area contributed by atoms with E-state index in [0.29, 0.717) is 40.9 Å². The van der Waals surface area contributed by atoms with Gasteiger partial charge in [-0.05, 0) is 49.9 Å². The highest BCUT2D eigenvalue weighted by atomic mass is 32.2. The first-order chi connectivity index (χ1) is 15.9. The Balaban J connectivity index is 1.57. The summed E-state index contributed by atoms with van der Waals surface area (Å²) < 4.78 is 40.5. The molecule has 0 atom stereocenters. The maximum atomic E-state index is 13.6. The molecule has 5 rings (SSSR count). The standard InChI is InChI=1S/C24H24N4O4S/c1-15-16(2)27-32-23(15)28-33(29,30)22-19(14-26-20-10-11-20)4-3-5-21(22)17-6-8-18(9-7-17)24-25-12-13-31-24/h3-9,12-13,20,26,28H,10-11,14H2,1-2H3. The van der Waals surface area contributed by atoms with Gasteiger partial charge in [0.05, 0.1) is 16.8 Å². The Hall–Kier alpha value is -3.43. The van der Waals surface area contributed by atoms with Crippen LogP contribution in [-0.2, 0) is 16.6 Å². The van der Waals surface area contributed by atoms with E-state index in [1.54, 1.807) is 20.0 Å². The summed E-state index contributed by atoms with van der Waals surface area (Å²) in [6.45, 7) is 4.00. The number of nitrogens with zero attached hydrogens (tertiary/aromatic N) is 2. The van der Waals surface area contributed by atoms with Gasteiger partial charge in [-0.2, -0.15) is 0 Å². The first-order valence-electron chi connectivity index (χ1n) is 10.7. The lowest BCUT2D eigenvalue weighted by Gasteiger charge is -2.17. The molecule has 0 amide bonds. The van der Waals surface area contributed by atoms with Crippen LogP contribution in [0.3, 0.4) is 0 Å². The van der Waals surface area contributed by atoms with Gasteiger partial charge >= 0.3 is 0 Å². The minimum atomic E-state index is -3.97. The molecule has 1 aliphatic rings. The van der Waals surface area contributed by atoms with Crippen molar-refractivity contribution >= 4 is 15.9 Å². The third kappa shape index (κ3) is 4.42. The van der Waals surface area contributed by atoms with Gasteiger partial charge in [-0.3, -0.25) is 0 Å². The van der Waals surface area contributed by atoms with E-state index in [-0.39, 0.29) is 10.8 Å². The Labute approximate surface area is 192 Å². The molecule has 0 aliphatic heterocycles. The van der Waals surface area contributed by atoms with Gasteiger partial charge in [-0.1, -0.05) is 35.5 Å². The highest BCUT2D eigenvalue weighted by molar-refractivity contribution is 7.93. The van der Waals surface area contributed by atoms with E-state index in [4.69, 9.17) is 8.94 Å². The Bertz CT molecular complexity index is 1370.